The molecule has 18 heteroatoms. The molecule has 0 saturated carbocycles. The first-order valence-electron chi connectivity index (χ1n) is 28.6. The Bertz CT molecular complexity index is 3420. The van der Waals surface area contributed by atoms with Crippen LogP contribution in [0.5, 0.6) is 0 Å². The summed E-state index contributed by atoms with van der Waals surface area (Å²) in [5.41, 5.74) is 2.51. The van der Waals surface area contributed by atoms with Crippen molar-refractivity contribution in [1.29, 1.82) is 0 Å². The monoisotopic (exact) mass is 1220 g/mol. The van der Waals surface area contributed by atoms with E-state index < -0.39 is 77.5 Å². The third-order valence-electron chi connectivity index (χ3n) is 13.0. The maximum atomic E-state index is 12.5. The predicted octanol–water partition coefficient (Wildman–Crippen LogP) is 12.5. The Kier molecular flexibility index (Phi) is 27.4. The molecule has 0 bridgehead atoms. The van der Waals surface area contributed by atoms with Crippen LogP contribution in [0.2, 0.25) is 0 Å². The Morgan fingerprint density at radius 3 is 0.622 bits per heavy atom. The molecule has 3 atom stereocenters. The number of esters is 9. The van der Waals surface area contributed by atoms with E-state index in [4.69, 9.17) is 42.6 Å². The summed E-state index contributed by atoms with van der Waals surface area (Å²) in [5, 5.41) is 0. The molecule has 0 spiro atoms. The summed E-state index contributed by atoms with van der Waals surface area (Å²) >= 11 is 0. The molecule has 8 rings (SSSR count). The van der Waals surface area contributed by atoms with Crippen LogP contribution in [0.1, 0.15) is 127 Å². The summed E-state index contributed by atoms with van der Waals surface area (Å²) in [4.78, 5) is 110. The van der Waals surface area contributed by atoms with Crippen LogP contribution in [0.4, 0.5) is 0 Å². The second-order valence-corrected chi connectivity index (χ2v) is 20.2. The molecule has 3 unspecified atom stereocenters. The first kappa shape index (κ1) is 68.1. The molecule has 90 heavy (non-hydrogen) atoms. The van der Waals surface area contributed by atoms with E-state index in [1.54, 1.807) is 221 Å². The minimum atomic E-state index is -0.903. The predicted molar refractivity (Wildman–Crippen MR) is 331 cm³/mol. The Labute approximate surface area is 521 Å². The average Bonchev–Trinajstić information content (AvgIpc) is 2.37. The van der Waals surface area contributed by atoms with Gasteiger partial charge in [0.2, 0.25) is 0 Å². The van der Waals surface area contributed by atoms with Crippen LogP contribution in [-0.4, -0.2) is 112 Å². The van der Waals surface area contributed by atoms with E-state index in [2.05, 4.69) is 0 Å². The molecule has 18 nitrogen and oxygen atoms in total. The summed E-state index contributed by atoms with van der Waals surface area (Å²) in [6.45, 7) is 6.31. The number of carbonyl (C=O) groups excluding carboxylic acids is 9. The lowest BCUT2D eigenvalue weighted by atomic mass is 9.88. The van der Waals surface area contributed by atoms with Crippen LogP contribution in [-0.2, 0) is 42.6 Å². The zero-order chi connectivity index (χ0) is 64.5. The highest BCUT2D eigenvalue weighted by Gasteiger charge is 2.35. The van der Waals surface area contributed by atoms with E-state index in [0.717, 1.165) is 0 Å². The molecule has 8 aromatic rings. The van der Waals surface area contributed by atoms with E-state index in [1.807, 2.05) is 19.1 Å². The summed E-state index contributed by atoms with van der Waals surface area (Å²) in [7, 11) is 0. The molecule has 464 valence electrons. The van der Waals surface area contributed by atoms with Crippen molar-refractivity contribution >= 4 is 53.7 Å². The fourth-order valence-electron chi connectivity index (χ4n) is 7.78. The smallest absolute Gasteiger partial charge is 0.338 e. The minimum Gasteiger partial charge on any atom is -0.461 e. The molecule has 0 fully saturated rings. The first-order valence-corrected chi connectivity index (χ1v) is 28.6. The standard InChI is InChI=1S/C28H26O8.C27H26O6.C17H16O4/c1-19(35-27(31)22-11-7-4-8-12-22)18-34-26(30)23-13-15-24(16-14-23)28(32)36-20(2)17-33-25(29)21-9-5-3-6-10-21;1-2-27(18-31-24(28)21-12-6-3-7-13-21,19-32-25(29)22-14-8-4-9-15-22)20-33-26(30)23-16-10-5-11-17-23;1-13(21-17(19)15-10-6-3-7-11-15)12-20-16(18)14-8-4-2-5-9-14/h3-16,19-20H,17-18H2,1-2H3;3-17H,2,18-20H2,1H3;2-11,13H,12H2,1H3. The van der Waals surface area contributed by atoms with Crippen molar-refractivity contribution < 1.29 is 85.8 Å². The second-order valence-electron chi connectivity index (χ2n) is 20.2. The fraction of sp³-hybridized carbons (Fsp3) is 0.208. The van der Waals surface area contributed by atoms with Crippen LogP contribution in [0.15, 0.2) is 237 Å². The maximum absolute atomic E-state index is 12.5. The second kappa shape index (κ2) is 36.2. The maximum Gasteiger partial charge on any atom is 0.338 e. The minimum absolute atomic E-state index is 0.0201. The van der Waals surface area contributed by atoms with Gasteiger partial charge in [0.25, 0.3) is 0 Å². The number of carbonyl (C=O) groups is 9. The normalized spacial score (nSPS) is 11.5. The van der Waals surface area contributed by atoms with E-state index in [9.17, 15) is 43.2 Å². The lowest BCUT2D eigenvalue weighted by Crippen LogP contribution is -2.39. The van der Waals surface area contributed by atoms with E-state index in [0.29, 0.717) is 45.4 Å². The van der Waals surface area contributed by atoms with Crippen molar-refractivity contribution in [2.75, 3.05) is 39.6 Å². The molecule has 0 amide bonds. The molecule has 0 aliphatic rings. The van der Waals surface area contributed by atoms with Gasteiger partial charge in [0, 0.05) is 0 Å². The summed E-state index contributed by atoms with van der Waals surface area (Å²) in [6, 6.07) is 65.9. The zero-order valence-electron chi connectivity index (χ0n) is 50.0. The molecule has 0 radical (unpaired) electrons. The molecular weight excluding hydrogens is 1150 g/mol. The molecule has 0 heterocycles. The van der Waals surface area contributed by atoms with Crippen molar-refractivity contribution in [3.8, 4) is 0 Å². The summed E-state index contributed by atoms with van der Waals surface area (Å²) < 4.78 is 47.9. The number of hydrogen-bond donors (Lipinski definition) is 0. The van der Waals surface area contributed by atoms with Crippen molar-refractivity contribution in [3.63, 3.8) is 0 Å². The zero-order valence-corrected chi connectivity index (χ0v) is 50.0. The van der Waals surface area contributed by atoms with Gasteiger partial charge in [-0.05, 0) is 136 Å². The lowest BCUT2D eigenvalue weighted by Gasteiger charge is -2.31. The van der Waals surface area contributed by atoms with Crippen LogP contribution in [0.25, 0.3) is 0 Å². The van der Waals surface area contributed by atoms with Crippen LogP contribution in [0, 0.1) is 5.41 Å². The number of rotatable bonds is 25. The average molecular weight is 1220 g/mol. The van der Waals surface area contributed by atoms with Gasteiger partial charge < -0.3 is 42.6 Å². The van der Waals surface area contributed by atoms with Crippen molar-refractivity contribution in [2.45, 2.75) is 52.4 Å². The Morgan fingerprint density at radius 2 is 0.422 bits per heavy atom. The third kappa shape index (κ3) is 23.0. The highest BCUT2D eigenvalue weighted by atomic mass is 16.6. The van der Waals surface area contributed by atoms with Crippen LogP contribution in [0.3, 0.4) is 0 Å². The van der Waals surface area contributed by atoms with Gasteiger partial charge in [-0.3, -0.25) is 0 Å². The third-order valence-corrected chi connectivity index (χ3v) is 13.0. The van der Waals surface area contributed by atoms with Gasteiger partial charge >= 0.3 is 53.7 Å². The van der Waals surface area contributed by atoms with Gasteiger partial charge in [-0.25, -0.2) is 43.2 Å². The number of ether oxygens (including phenoxy) is 9. The van der Waals surface area contributed by atoms with Crippen molar-refractivity contribution in [1.82, 2.24) is 0 Å². The SMILES string of the molecule is CC(COC(=O)c1ccc(C(=O)OC(C)COC(=O)c2ccccc2)cc1)OC(=O)c1ccccc1.CC(COC(=O)c1ccccc1)OC(=O)c1ccccc1.CCC(COC(=O)c1ccccc1)(COC(=O)c1ccccc1)COC(=O)c1ccccc1. The Morgan fingerprint density at radius 1 is 0.256 bits per heavy atom. The number of benzene rings is 8. The topological polar surface area (TPSA) is 237 Å². The largest absolute Gasteiger partial charge is 0.461 e. The molecule has 0 aliphatic heterocycles. The van der Waals surface area contributed by atoms with Crippen molar-refractivity contribution in [2.24, 2.45) is 5.41 Å². The Balaban J connectivity index is 0.000000222. The van der Waals surface area contributed by atoms with Gasteiger partial charge in [-0.2, -0.15) is 0 Å². The van der Waals surface area contributed by atoms with Gasteiger partial charge in [0.1, 0.15) is 58.0 Å². The van der Waals surface area contributed by atoms with Gasteiger partial charge in [-0.1, -0.05) is 134 Å². The molecular formula is C72H68O18. The van der Waals surface area contributed by atoms with Crippen molar-refractivity contribution in [3.05, 3.63) is 287 Å². The quantitative estimate of drug-likeness (QED) is 0.0382. The highest BCUT2D eigenvalue weighted by Crippen LogP contribution is 2.26. The van der Waals surface area contributed by atoms with E-state index in [1.165, 1.54) is 24.3 Å². The molecule has 0 N–H and O–H groups in total. The highest BCUT2D eigenvalue weighted by molar-refractivity contribution is 5.95. The molecule has 0 aromatic heterocycles. The van der Waals surface area contributed by atoms with Gasteiger partial charge in [-0.15, -0.1) is 0 Å². The fourth-order valence-corrected chi connectivity index (χ4v) is 7.78. The van der Waals surface area contributed by atoms with Crippen LogP contribution >= 0.6 is 0 Å². The summed E-state index contributed by atoms with van der Waals surface area (Å²) in [5.74, 6) is -4.64. The van der Waals surface area contributed by atoms with Gasteiger partial charge in [0.15, 0.2) is 0 Å². The van der Waals surface area contributed by atoms with E-state index >= 15 is 0 Å². The molecule has 8 aromatic carbocycles. The van der Waals surface area contributed by atoms with E-state index in [-0.39, 0.29) is 50.8 Å². The summed E-state index contributed by atoms with van der Waals surface area (Å²) in [6.07, 6.45) is -1.38. The lowest BCUT2D eigenvalue weighted by molar-refractivity contribution is -0.0382. The number of hydrogen-bond acceptors (Lipinski definition) is 18. The Hall–Kier alpha value is -11.0. The van der Waals surface area contributed by atoms with Gasteiger partial charge in [0.05, 0.1) is 55.5 Å². The molecule has 0 aliphatic carbocycles. The first-order chi connectivity index (χ1) is 43.5. The van der Waals surface area contributed by atoms with Crippen LogP contribution < -0.4 is 0 Å². The molecule has 0 saturated heterocycles.